The molecule has 0 aromatic heterocycles. The van der Waals surface area contributed by atoms with Gasteiger partial charge in [0.05, 0.1) is 5.75 Å². The number of halogens is 2. The number of benzene rings is 2. The Morgan fingerprint density at radius 2 is 1.86 bits per heavy atom. The average Bonchev–Trinajstić information content (AvgIpc) is 2.68. The number of nitrogens with one attached hydrogen (secondary N) is 1. The van der Waals surface area contributed by atoms with Gasteiger partial charge in [0.2, 0.25) is 15.9 Å². The molecule has 0 saturated carbocycles. The summed E-state index contributed by atoms with van der Waals surface area (Å²) in [6, 6.07) is 9.84. The molecule has 1 N–H and O–H groups in total. The molecule has 0 unspecified atom stereocenters. The maximum absolute atomic E-state index is 14.0. The van der Waals surface area contributed by atoms with Gasteiger partial charge in [-0.3, -0.25) is 4.79 Å². The second kappa shape index (κ2) is 8.81. The molecule has 0 bridgehead atoms. The molecule has 156 valence electrons. The van der Waals surface area contributed by atoms with Crippen molar-refractivity contribution >= 4 is 33.2 Å². The van der Waals surface area contributed by atoms with Crippen molar-refractivity contribution in [2.45, 2.75) is 32.4 Å². The SMILES string of the molecule is Cc1ccc(NC(=O)C2CCN(S(=O)(=O)Cc3c(F)cccc3Cl)CC2)cc1C. The van der Waals surface area contributed by atoms with Crippen LogP contribution in [0.15, 0.2) is 36.4 Å². The molecule has 0 radical (unpaired) electrons. The van der Waals surface area contributed by atoms with Crippen molar-refractivity contribution in [2.24, 2.45) is 5.92 Å². The van der Waals surface area contributed by atoms with Crippen LogP contribution in [-0.4, -0.2) is 31.7 Å². The summed E-state index contributed by atoms with van der Waals surface area (Å²) in [4.78, 5) is 12.6. The Labute approximate surface area is 175 Å². The molecule has 1 fully saturated rings. The van der Waals surface area contributed by atoms with Crippen LogP contribution in [0.25, 0.3) is 0 Å². The lowest BCUT2D eigenvalue weighted by Gasteiger charge is -2.30. The first-order valence-electron chi connectivity index (χ1n) is 9.46. The Hall–Kier alpha value is -1.96. The quantitative estimate of drug-likeness (QED) is 0.757. The maximum Gasteiger partial charge on any atom is 0.227 e. The number of nitrogens with zero attached hydrogens (tertiary/aromatic N) is 1. The van der Waals surface area contributed by atoms with E-state index >= 15 is 0 Å². The highest BCUT2D eigenvalue weighted by Crippen LogP contribution is 2.26. The highest BCUT2D eigenvalue weighted by molar-refractivity contribution is 7.88. The molecule has 1 amide bonds. The number of hydrogen-bond donors (Lipinski definition) is 1. The number of amides is 1. The van der Waals surface area contributed by atoms with E-state index in [-0.39, 0.29) is 35.5 Å². The van der Waals surface area contributed by atoms with E-state index in [1.54, 1.807) is 0 Å². The van der Waals surface area contributed by atoms with Crippen molar-refractivity contribution in [3.8, 4) is 0 Å². The monoisotopic (exact) mass is 438 g/mol. The molecular formula is C21H24ClFN2O3S. The number of sulfonamides is 1. The van der Waals surface area contributed by atoms with Crippen LogP contribution in [0.5, 0.6) is 0 Å². The number of carbonyl (C=O) groups excluding carboxylic acids is 1. The first-order valence-corrected chi connectivity index (χ1v) is 11.4. The molecule has 29 heavy (non-hydrogen) atoms. The summed E-state index contributed by atoms with van der Waals surface area (Å²) in [7, 11) is -3.72. The first-order chi connectivity index (χ1) is 13.7. The molecule has 2 aromatic carbocycles. The van der Waals surface area contributed by atoms with Crippen LogP contribution in [0.1, 0.15) is 29.5 Å². The zero-order valence-corrected chi connectivity index (χ0v) is 18.0. The lowest BCUT2D eigenvalue weighted by molar-refractivity contribution is -0.120. The minimum absolute atomic E-state index is 0.0243. The standard InChI is InChI=1S/C21H24ClFN2O3S/c1-14-6-7-17(12-15(14)2)24-21(26)16-8-10-25(11-9-16)29(27,28)13-18-19(22)4-3-5-20(18)23/h3-7,12,16H,8-11,13H2,1-2H3,(H,24,26). The largest absolute Gasteiger partial charge is 0.326 e. The molecule has 0 aliphatic carbocycles. The second-order valence-corrected chi connectivity index (χ2v) is 9.79. The Bertz CT molecular complexity index is 998. The number of aryl methyl sites for hydroxylation is 2. The molecule has 1 heterocycles. The van der Waals surface area contributed by atoms with Gasteiger partial charge in [0, 0.05) is 35.3 Å². The average molecular weight is 439 g/mol. The van der Waals surface area contributed by atoms with Gasteiger partial charge in [0.25, 0.3) is 0 Å². The fraction of sp³-hybridized carbons (Fsp3) is 0.381. The van der Waals surface area contributed by atoms with Crippen LogP contribution < -0.4 is 5.32 Å². The van der Waals surface area contributed by atoms with Gasteiger partial charge in [-0.05, 0) is 62.1 Å². The molecular weight excluding hydrogens is 415 g/mol. The van der Waals surface area contributed by atoms with Crippen molar-refractivity contribution < 1.29 is 17.6 Å². The van der Waals surface area contributed by atoms with E-state index in [4.69, 9.17) is 11.6 Å². The summed E-state index contributed by atoms with van der Waals surface area (Å²) in [5.74, 6) is -1.50. The molecule has 2 aromatic rings. The van der Waals surface area contributed by atoms with Crippen molar-refractivity contribution in [2.75, 3.05) is 18.4 Å². The van der Waals surface area contributed by atoms with Gasteiger partial charge in [-0.25, -0.2) is 17.1 Å². The lowest BCUT2D eigenvalue weighted by Crippen LogP contribution is -2.42. The third kappa shape index (κ3) is 5.15. The van der Waals surface area contributed by atoms with Gasteiger partial charge in [-0.15, -0.1) is 0 Å². The van der Waals surface area contributed by atoms with Crippen LogP contribution in [0, 0.1) is 25.6 Å². The highest BCUT2D eigenvalue weighted by atomic mass is 35.5. The van der Waals surface area contributed by atoms with E-state index < -0.39 is 21.6 Å². The number of hydrogen-bond acceptors (Lipinski definition) is 3. The predicted molar refractivity (Wildman–Crippen MR) is 113 cm³/mol. The third-order valence-electron chi connectivity index (χ3n) is 5.38. The van der Waals surface area contributed by atoms with Crippen molar-refractivity contribution in [3.63, 3.8) is 0 Å². The normalized spacial score (nSPS) is 16.0. The van der Waals surface area contributed by atoms with Gasteiger partial charge >= 0.3 is 0 Å². The Morgan fingerprint density at radius 1 is 1.17 bits per heavy atom. The van der Waals surface area contributed by atoms with Crippen molar-refractivity contribution in [1.29, 1.82) is 0 Å². The molecule has 5 nitrogen and oxygen atoms in total. The van der Waals surface area contributed by atoms with E-state index in [9.17, 15) is 17.6 Å². The van der Waals surface area contributed by atoms with E-state index in [0.717, 1.165) is 16.8 Å². The van der Waals surface area contributed by atoms with Crippen LogP contribution in [0.2, 0.25) is 5.02 Å². The zero-order valence-electron chi connectivity index (χ0n) is 16.4. The van der Waals surface area contributed by atoms with Crippen LogP contribution in [0.4, 0.5) is 10.1 Å². The van der Waals surface area contributed by atoms with Crippen LogP contribution >= 0.6 is 11.6 Å². The summed E-state index contributed by atoms with van der Waals surface area (Å²) < 4.78 is 40.7. The number of carbonyl (C=O) groups is 1. The number of anilines is 1. The minimum Gasteiger partial charge on any atom is -0.326 e. The minimum atomic E-state index is -3.72. The molecule has 0 atom stereocenters. The molecule has 3 rings (SSSR count). The van der Waals surface area contributed by atoms with Gasteiger partial charge in [-0.2, -0.15) is 0 Å². The molecule has 8 heteroatoms. The fourth-order valence-electron chi connectivity index (χ4n) is 3.40. The summed E-state index contributed by atoms with van der Waals surface area (Å²) in [6.07, 6.45) is 0.835. The zero-order chi connectivity index (χ0) is 21.2. The molecule has 1 saturated heterocycles. The van der Waals surface area contributed by atoms with Crippen LogP contribution in [-0.2, 0) is 20.6 Å². The van der Waals surface area contributed by atoms with Gasteiger partial charge in [0.1, 0.15) is 5.82 Å². The summed E-state index contributed by atoms with van der Waals surface area (Å²) >= 11 is 5.96. The lowest BCUT2D eigenvalue weighted by atomic mass is 9.97. The maximum atomic E-state index is 14.0. The Morgan fingerprint density at radius 3 is 2.48 bits per heavy atom. The van der Waals surface area contributed by atoms with Crippen molar-refractivity contribution in [3.05, 3.63) is 63.9 Å². The Kier molecular flexibility index (Phi) is 6.61. The Balaban J connectivity index is 1.60. The smallest absolute Gasteiger partial charge is 0.227 e. The van der Waals surface area contributed by atoms with E-state index in [0.29, 0.717) is 12.8 Å². The third-order valence-corrected chi connectivity index (χ3v) is 7.54. The molecule has 1 aliphatic rings. The molecule has 0 spiro atoms. The van der Waals surface area contributed by atoms with E-state index in [1.165, 1.54) is 22.5 Å². The topological polar surface area (TPSA) is 66.5 Å². The highest BCUT2D eigenvalue weighted by Gasteiger charge is 2.32. The van der Waals surface area contributed by atoms with Crippen molar-refractivity contribution in [1.82, 2.24) is 4.31 Å². The van der Waals surface area contributed by atoms with Gasteiger partial charge < -0.3 is 5.32 Å². The molecule has 1 aliphatic heterocycles. The summed E-state index contributed by atoms with van der Waals surface area (Å²) in [6.45, 7) is 4.43. The van der Waals surface area contributed by atoms with Gasteiger partial charge in [0.15, 0.2) is 0 Å². The number of rotatable bonds is 5. The number of piperidine rings is 1. The van der Waals surface area contributed by atoms with E-state index in [1.807, 2.05) is 32.0 Å². The van der Waals surface area contributed by atoms with Crippen LogP contribution in [0.3, 0.4) is 0 Å². The summed E-state index contributed by atoms with van der Waals surface area (Å²) in [5, 5.41) is 3.01. The van der Waals surface area contributed by atoms with Gasteiger partial charge in [-0.1, -0.05) is 23.7 Å². The fourth-order valence-corrected chi connectivity index (χ4v) is 5.32. The summed E-state index contributed by atoms with van der Waals surface area (Å²) in [5.41, 5.74) is 2.96. The predicted octanol–water partition coefficient (Wildman–Crippen LogP) is 4.28. The van der Waals surface area contributed by atoms with E-state index in [2.05, 4.69) is 5.32 Å². The first kappa shape index (κ1) is 21.7. The second-order valence-electron chi connectivity index (χ2n) is 7.42.